The monoisotopic (exact) mass is 390 g/mol. The van der Waals surface area contributed by atoms with E-state index in [-0.39, 0.29) is 18.2 Å². The van der Waals surface area contributed by atoms with Crippen LogP contribution in [0.15, 0.2) is 18.2 Å². The Morgan fingerprint density at radius 3 is 2.71 bits per heavy atom. The molecule has 2 heterocycles. The third-order valence-corrected chi connectivity index (χ3v) is 4.33. The van der Waals surface area contributed by atoms with Gasteiger partial charge >= 0.3 is 12.1 Å². The Kier molecular flexibility index (Phi) is 5.35. The van der Waals surface area contributed by atoms with Crippen LogP contribution in [0.4, 0.5) is 9.18 Å². The van der Waals surface area contributed by atoms with E-state index in [1.165, 1.54) is 19.2 Å². The highest BCUT2D eigenvalue weighted by molar-refractivity contribution is 5.91. The van der Waals surface area contributed by atoms with E-state index < -0.39 is 17.4 Å². The topological polar surface area (TPSA) is 86.6 Å². The minimum atomic E-state index is -0.611. The fourth-order valence-electron chi connectivity index (χ4n) is 3.02. The van der Waals surface area contributed by atoms with Gasteiger partial charge in [0.05, 0.1) is 31.5 Å². The highest BCUT2D eigenvalue weighted by Gasteiger charge is 2.29. The number of hydrogen-bond acceptors (Lipinski definition) is 6. The molecule has 2 aromatic rings. The van der Waals surface area contributed by atoms with Crippen molar-refractivity contribution in [1.82, 2.24) is 19.9 Å². The molecule has 0 saturated heterocycles. The zero-order valence-corrected chi connectivity index (χ0v) is 16.4. The number of aromatic nitrogens is 3. The largest absolute Gasteiger partial charge is 0.465 e. The van der Waals surface area contributed by atoms with Crippen molar-refractivity contribution in [2.75, 3.05) is 13.7 Å². The summed E-state index contributed by atoms with van der Waals surface area (Å²) in [5.74, 6) is -1.13. The first kappa shape index (κ1) is 19.8. The van der Waals surface area contributed by atoms with Crippen LogP contribution in [0, 0.1) is 5.82 Å². The van der Waals surface area contributed by atoms with Gasteiger partial charge in [0.1, 0.15) is 17.1 Å². The second-order valence-corrected chi connectivity index (χ2v) is 7.59. The van der Waals surface area contributed by atoms with Gasteiger partial charge in [0.25, 0.3) is 0 Å². The summed E-state index contributed by atoms with van der Waals surface area (Å²) >= 11 is 0. The van der Waals surface area contributed by atoms with Crippen molar-refractivity contribution in [3.05, 3.63) is 46.5 Å². The van der Waals surface area contributed by atoms with Crippen molar-refractivity contribution < 1.29 is 23.5 Å². The molecule has 1 aromatic heterocycles. The molecule has 150 valence electrons. The number of esters is 1. The molecule has 0 unspecified atom stereocenters. The predicted molar refractivity (Wildman–Crippen MR) is 97.2 cm³/mol. The molecule has 8 nitrogen and oxygen atoms in total. The number of rotatable bonds is 3. The Morgan fingerprint density at radius 2 is 2.04 bits per heavy atom. The molecule has 28 heavy (non-hydrogen) atoms. The second-order valence-electron chi connectivity index (χ2n) is 7.59. The first-order chi connectivity index (χ1) is 13.2. The standard InChI is InChI=1S/C19H23FN4O4/c1-19(2,3)28-18(26)23-8-7-16-15(11-23)21-22-24(16)10-12-5-6-13(20)9-14(12)17(25)27-4/h5-6,9H,7-8,10-11H2,1-4H3. The van der Waals surface area contributed by atoms with Crippen LogP contribution < -0.4 is 0 Å². The first-order valence-corrected chi connectivity index (χ1v) is 8.94. The van der Waals surface area contributed by atoms with Crippen LogP contribution in [-0.4, -0.2) is 51.2 Å². The Bertz CT molecular complexity index is 904. The average molecular weight is 390 g/mol. The van der Waals surface area contributed by atoms with Crippen LogP contribution in [0.2, 0.25) is 0 Å². The van der Waals surface area contributed by atoms with Gasteiger partial charge in [0.15, 0.2) is 0 Å². The molecule has 0 aliphatic carbocycles. The number of carbonyl (C=O) groups excluding carboxylic acids is 2. The summed E-state index contributed by atoms with van der Waals surface area (Å²) in [5.41, 5.74) is 1.72. The molecule has 0 radical (unpaired) electrons. The minimum Gasteiger partial charge on any atom is -0.465 e. The Balaban J connectivity index is 1.79. The molecule has 0 saturated carbocycles. The van der Waals surface area contributed by atoms with E-state index >= 15 is 0 Å². The first-order valence-electron chi connectivity index (χ1n) is 8.94. The number of nitrogens with zero attached hydrogens (tertiary/aromatic N) is 4. The zero-order valence-electron chi connectivity index (χ0n) is 16.4. The number of ether oxygens (including phenoxy) is 2. The molecule has 1 amide bonds. The third kappa shape index (κ3) is 4.29. The maximum atomic E-state index is 13.5. The molecule has 0 N–H and O–H groups in total. The number of halogens is 1. The molecule has 1 aromatic carbocycles. The van der Waals surface area contributed by atoms with Crippen molar-refractivity contribution in [2.45, 2.75) is 45.9 Å². The number of hydrogen-bond donors (Lipinski definition) is 0. The molecule has 0 spiro atoms. The van der Waals surface area contributed by atoms with Crippen LogP contribution in [-0.2, 0) is 29.0 Å². The molecular weight excluding hydrogens is 367 g/mol. The van der Waals surface area contributed by atoms with Gasteiger partial charge in [-0.15, -0.1) is 5.10 Å². The van der Waals surface area contributed by atoms with Gasteiger partial charge in [-0.25, -0.2) is 18.7 Å². The molecule has 9 heteroatoms. The van der Waals surface area contributed by atoms with Gasteiger partial charge in [-0.1, -0.05) is 11.3 Å². The Labute approximate surface area is 162 Å². The second kappa shape index (κ2) is 7.57. The summed E-state index contributed by atoms with van der Waals surface area (Å²) in [4.78, 5) is 25.8. The number of fused-ring (bicyclic) bond motifs is 1. The molecule has 1 aliphatic rings. The number of methoxy groups -OCH3 is 1. The van der Waals surface area contributed by atoms with Crippen LogP contribution in [0.1, 0.15) is 48.1 Å². The summed E-state index contributed by atoms with van der Waals surface area (Å²) < 4.78 is 25.3. The van der Waals surface area contributed by atoms with Crippen molar-refractivity contribution in [2.24, 2.45) is 0 Å². The van der Waals surface area contributed by atoms with E-state index in [4.69, 9.17) is 9.47 Å². The maximum absolute atomic E-state index is 13.5. The van der Waals surface area contributed by atoms with E-state index in [0.29, 0.717) is 30.8 Å². The van der Waals surface area contributed by atoms with Gasteiger partial charge in [-0.3, -0.25) is 0 Å². The van der Waals surface area contributed by atoms with E-state index in [0.717, 1.165) is 11.8 Å². The summed E-state index contributed by atoms with van der Waals surface area (Å²) in [6, 6.07) is 3.97. The molecule has 3 rings (SSSR count). The Hall–Kier alpha value is -2.97. The maximum Gasteiger partial charge on any atom is 0.410 e. The quantitative estimate of drug-likeness (QED) is 0.749. The lowest BCUT2D eigenvalue weighted by Crippen LogP contribution is -2.40. The van der Waals surface area contributed by atoms with Gasteiger partial charge in [0.2, 0.25) is 0 Å². The van der Waals surface area contributed by atoms with Crippen molar-refractivity contribution in [3.63, 3.8) is 0 Å². The molecule has 0 bridgehead atoms. The van der Waals surface area contributed by atoms with Crippen LogP contribution in [0.5, 0.6) is 0 Å². The van der Waals surface area contributed by atoms with Crippen LogP contribution in [0.25, 0.3) is 0 Å². The number of amides is 1. The highest BCUT2D eigenvalue weighted by Crippen LogP contribution is 2.21. The summed E-state index contributed by atoms with van der Waals surface area (Å²) in [5, 5.41) is 8.32. The summed E-state index contributed by atoms with van der Waals surface area (Å²) in [7, 11) is 1.25. The van der Waals surface area contributed by atoms with Crippen LogP contribution >= 0.6 is 0 Å². The normalized spacial score (nSPS) is 13.8. The van der Waals surface area contributed by atoms with Crippen molar-refractivity contribution >= 4 is 12.1 Å². The van der Waals surface area contributed by atoms with Gasteiger partial charge in [-0.2, -0.15) is 0 Å². The zero-order chi connectivity index (χ0) is 20.5. The number of carbonyl (C=O) groups is 2. The third-order valence-electron chi connectivity index (χ3n) is 4.33. The van der Waals surface area contributed by atoms with Crippen molar-refractivity contribution in [1.29, 1.82) is 0 Å². The molecule has 0 fully saturated rings. The Morgan fingerprint density at radius 1 is 1.29 bits per heavy atom. The van der Waals surface area contributed by atoms with E-state index in [1.54, 1.807) is 9.58 Å². The van der Waals surface area contributed by atoms with Gasteiger partial charge < -0.3 is 14.4 Å². The molecular formula is C19H23FN4O4. The lowest BCUT2D eigenvalue weighted by atomic mass is 10.1. The average Bonchev–Trinajstić information content (AvgIpc) is 3.03. The molecule has 0 atom stereocenters. The van der Waals surface area contributed by atoms with E-state index in [1.807, 2.05) is 20.8 Å². The predicted octanol–water partition coefficient (Wildman–Crippen LogP) is 2.55. The van der Waals surface area contributed by atoms with Gasteiger partial charge in [0, 0.05) is 13.0 Å². The lowest BCUT2D eigenvalue weighted by molar-refractivity contribution is 0.0219. The molecule has 1 aliphatic heterocycles. The van der Waals surface area contributed by atoms with Crippen LogP contribution in [0.3, 0.4) is 0 Å². The fourth-order valence-corrected chi connectivity index (χ4v) is 3.02. The SMILES string of the molecule is COC(=O)c1cc(F)ccc1Cn1nnc2c1CCN(C(=O)OC(C)(C)C)C2. The summed E-state index contributed by atoms with van der Waals surface area (Å²) in [6.45, 7) is 6.48. The fraction of sp³-hybridized carbons (Fsp3) is 0.474. The highest BCUT2D eigenvalue weighted by atomic mass is 19.1. The van der Waals surface area contributed by atoms with E-state index in [2.05, 4.69) is 10.3 Å². The number of benzene rings is 1. The van der Waals surface area contributed by atoms with E-state index in [9.17, 15) is 14.0 Å². The lowest BCUT2D eigenvalue weighted by Gasteiger charge is -2.29. The summed E-state index contributed by atoms with van der Waals surface area (Å²) in [6.07, 6.45) is 0.162. The minimum absolute atomic E-state index is 0.151. The van der Waals surface area contributed by atoms with Gasteiger partial charge in [-0.05, 0) is 38.5 Å². The smallest absolute Gasteiger partial charge is 0.410 e. The van der Waals surface area contributed by atoms with Crippen molar-refractivity contribution in [3.8, 4) is 0 Å².